The van der Waals surface area contributed by atoms with E-state index in [0.29, 0.717) is 6.61 Å². The van der Waals surface area contributed by atoms with E-state index in [1.165, 1.54) is 0 Å². The number of hydrogen-bond donors (Lipinski definition) is 0. The number of halogens is 1. The Kier molecular flexibility index (Phi) is 3.13. The molecule has 0 aliphatic heterocycles. The number of fused-ring (bicyclic) bond motifs is 1. The third kappa shape index (κ3) is 2.56. The van der Waals surface area contributed by atoms with Crippen molar-refractivity contribution < 1.29 is 4.74 Å². The quantitative estimate of drug-likeness (QED) is 0.723. The molecule has 0 N–H and O–H groups in total. The average molecular weight is 273 g/mol. The van der Waals surface area contributed by atoms with Crippen LogP contribution in [0.4, 0.5) is 0 Å². The van der Waals surface area contributed by atoms with Gasteiger partial charge in [0.25, 0.3) is 0 Å². The summed E-state index contributed by atoms with van der Waals surface area (Å²) in [5.74, 6) is 0.812. The highest BCUT2D eigenvalue weighted by molar-refractivity contribution is 6.31. The van der Waals surface area contributed by atoms with Crippen LogP contribution in [0.15, 0.2) is 48.7 Å². The molecule has 0 aliphatic carbocycles. The molecular weight excluding hydrogens is 260 g/mol. The Labute approximate surface area is 116 Å². The van der Waals surface area contributed by atoms with Crippen molar-refractivity contribution in [2.24, 2.45) is 0 Å². The Hall–Kier alpha value is -2.00. The van der Waals surface area contributed by atoms with Crippen molar-refractivity contribution in [1.82, 2.24) is 9.61 Å². The molecule has 3 nitrogen and oxygen atoms in total. The van der Waals surface area contributed by atoms with Gasteiger partial charge in [-0.3, -0.25) is 0 Å². The molecule has 3 aromatic rings. The highest BCUT2D eigenvalue weighted by atomic mass is 35.5. The van der Waals surface area contributed by atoms with Crippen LogP contribution >= 0.6 is 11.6 Å². The van der Waals surface area contributed by atoms with Crippen LogP contribution in [-0.2, 0) is 6.61 Å². The van der Waals surface area contributed by atoms with Crippen molar-refractivity contribution in [1.29, 1.82) is 0 Å². The predicted octanol–water partition coefficient (Wildman–Crippen LogP) is 3.88. The SMILES string of the molecule is Cc1cc2cc(OCc3ccccc3Cl)ccn2n1. The van der Waals surface area contributed by atoms with Gasteiger partial charge >= 0.3 is 0 Å². The summed E-state index contributed by atoms with van der Waals surface area (Å²) in [6.45, 7) is 2.43. The summed E-state index contributed by atoms with van der Waals surface area (Å²) in [6, 6.07) is 13.6. The second-order valence-corrected chi connectivity index (χ2v) is 4.80. The first-order chi connectivity index (χ1) is 9.22. The highest BCUT2D eigenvalue weighted by Gasteiger charge is 2.02. The van der Waals surface area contributed by atoms with Gasteiger partial charge in [0.15, 0.2) is 0 Å². The topological polar surface area (TPSA) is 26.5 Å². The van der Waals surface area contributed by atoms with Gasteiger partial charge in [-0.15, -0.1) is 0 Å². The summed E-state index contributed by atoms with van der Waals surface area (Å²) in [4.78, 5) is 0. The zero-order chi connectivity index (χ0) is 13.2. The summed E-state index contributed by atoms with van der Waals surface area (Å²) >= 11 is 6.09. The minimum absolute atomic E-state index is 0.461. The van der Waals surface area contributed by atoms with Gasteiger partial charge in [-0.25, -0.2) is 4.52 Å². The van der Waals surface area contributed by atoms with Gasteiger partial charge in [0.2, 0.25) is 0 Å². The lowest BCUT2D eigenvalue weighted by Gasteiger charge is -2.07. The van der Waals surface area contributed by atoms with E-state index in [0.717, 1.165) is 27.5 Å². The van der Waals surface area contributed by atoms with Gasteiger partial charge < -0.3 is 4.74 Å². The zero-order valence-corrected chi connectivity index (χ0v) is 11.3. The lowest BCUT2D eigenvalue weighted by atomic mass is 10.2. The Balaban J connectivity index is 1.80. The van der Waals surface area contributed by atoms with Crippen molar-refractivity contribution in [3.8, 4) is 5.75 Å². The van der Waals surface area contributed by atoms with Crippen LogP contribution in [-0.4, -0.2) is 9.61 Å². The number of nitrogens with zero attached hydrogens (tertiary/aromatic N) is 2. The standard InChI is InChI=1S/C15H13ClN2O/c1-11-8-13-9-14(6-7-18(13)17-11)19-10-12-4-2-3-5-15(12)16/h2-9H,10H2,1H3. The third-order valence-electron chi connectivity index (χ3n) is 2.91. The minimum Gasteiger partial charge on any atom is -0.489 e. The summed E-state index contributed by atoms with van der Waals surface area (Å²) in [6.07, 6.45) is 1.89. The monoisotopic (exact) mass is 272 g/mol. The van der Waals surface area contributed by atoms with Gasteiger partial charge in [-0.05, 0) is 25.1 Å². The van der Waals surface area contributed by atoms with E-state index in [4.69, 9.17) is 16.3 Å². The smallest absolute Gasteiger partial charge is 0.123 e. The van der Waals surface area contributed by atoms with Crippen molar-refractivity contribution in [2.45, 2.75) is 13.5 Å². The Morgan fingerprint density at radius 1 is 1.21 bits per heavy atom. The second kappa shape index (κ2) is 4.94. The number of rotatable bonds is 3. The highest BCUT2D eigenvalue weighted by Crippen LogP contribution is 2.20. The molecule has 19 heavy (non-hydrogen) atoms. The molecule has 0 saturated heterocycles. The number of aryl methyl sites for hydroxylation is 1. The van der Waals surface area contributed by atoms with Crippen LogP contribution in [0.1, 0.15) is 11.3 Å². The van der Waals surface area contributed by atoms with Gasteiger partial charge in [-0.2, -0.15) is 5.10 Å². The van der Waals surface area contributed by atoms with E-state index in [-0.39, 0.29) is 0 Å². The molecule has 3 rings (SSSR count). The van der Waals surface area contributed by atoms with E-state index >= 15 is 0 Å². The van der Waals surface area contributed by atoms with Gasteiger partial charge in [0.05, 0.1) is 11.2 Å². The summed E-state index contributed by atoms with van der Waals surface area (Å²) in [5.41, 5.74) is 2.99. The molecule has 0 radical (unpaired) electrons. The fourth-order valence-corrected chi connectivity index (χ4v) is 2.16. The van der Waals surface area contributed by atoms with Crippen LogP contribution in [0.3, 0.4) is 0 Å². The van der Waals surface area contributed by atoms with Crippen molar-refractivity contribution >= 4 is 17.1 Å². The fourth-order valence-electron chi connectivity index (χ4n) is 1.97. The summed E-state index contributed by atoms with van der Waals surface area (Å²) < 4.78 is 7.60. The van der Waals surface area contributed by atoms with Crippen molar-refractivity contribution in [2.75, 3.05) is 0 Å². The van der Waals surface area contributed by atoms with E-state index in [1.807, 2.05) is 60.1 Å². The average Bonchev–Trinajstić information content (AvgIpc) is 2.77. The third-order valence-corrected chi connectivity index (χ3v) is 3.28. The molecule has 2 aromatic heterocycles. The van der Waals surface area contributed by atoms with Crippen molar-refractivity contribution in [3.63, 3.8) is 0 Å². The first-order valence-electron chi connectivity index (χ1n) is 6.04. The molecule has 0 fully saturated rings. The zero-order valence-electron chi connectivity index (χ0n) is 10.5. The van der Waals surface area contributed by atoms with E-state index < -0.39 is 0 Å². The van der Waals surface area contributed by atoms with Crippen LogP contribution < -0.4 is 4.74 Å². The number of pyridine rings is 1. The first-order valence-corrected chi connectivity index (χ1v) is 6.42. The van der Waals surface area contributed by atoms with E-state index in [1.54, 1.807) is 0 Å². The summed E-state index contributed by atoms with van der Waals surface area (Å²) in [5, 5.41) is 5.05. The molecule has 0 saturated carbocycles. The molecule has 0 unspecified atom stereocenters. The molecule has 0 atom stereocenters. The molecule has 1 aromatic carbocycles. The number of aromatic nitrogens is 2. The Bertz CT molecular complexity index is 721. The number of benzene rings is 1. The molecule has 96 valence electrons. The maximum atomic E-state index is 6.09. The Morgan fingerprint density at radius 2 is 2.05 bits per heavy atom. The molecule has 0 spiro atoms. The maximum absolute atomic E-state index is 6.09. The lowest BCUT2D eigenvalue weighted by molar-refractivity contribution is 0.306. The molecule has 2 heterocycles. The first kappa shape index (κ1) is 12.1. The van der Waals surface area contributed by atoms with E-state index in [9.17, 15) is 0 Å². The van der Waals surface area contributed by atoms with Crippen LogP contribution in [0.5, 0.6) is 5.75 Å². The second-order valence-electron chi connectivity index (χ2n) is 4.40. The van der Waals surface area contributed by atoms with Gasteiger partial charge in [0.1, 0.15) is 12.4 Å². The molecule has 0 aliphatic rings. The largest absolute Gasteiger partial charge is 0.489 e. The lowest BCUT2D eigenvalue weighted by Crippen LogP contribution is -1.97. The van der Waals surface area contributed by atoms with Crippen LogP contribution in [0.25, 0.3) is 5.52 Å². The van der Waals surface area contributed by atoms with Crippen LogP contribution in [0.2, 0.25) is 5.02 Å². The minimum atomic E-state index is 0.461. The number of ether oxygens (including phenoxy) is 1. The molecule has 0 bridgehead atoms. The molecule has 0 amide bonds. The van der Waals surface area contributed by atoms with Crippen molar-refractivity contribution in [3.05, 3.63) is 64.9 Å². The fraction of sp³-hybridized carbons (Fsp3) is 0.133. The maximum Gasteiger partial charge on any atom is 0.123 e. The Morgan fingerprint density at radius 3 is 2.89 bits per heavy atom. The van der Waals surface area contributed by atoms with E-state index in [2.05, 4.69) is 5.10 Å². The number of hydrogen-bond acceptors (Lipinski definition) is 2. The summed E-state index contributed by atoms with van der Waals surface area (Å²) in [7, 11) is 0. The normalized spacial score (nSPS) is 10.8. The van der Waals surface area contributed by atoms with Gasteiger partial charge in [0, 0.05) is 22.8 Å². The van der Waals surface area contributed by atoms with Gasteiger partial charge in [-0.1, -0.05) is 29.8 Å². The molecule has 4 heteroatoms. The predicted molar refractivity (Wildman–Crippen MR) is 75.7 cm³/mol. The van der Waals surface area contributed by atoms with Crippen LogP contribution in [0, 0.1) is 6.92 Å². The molecular formula is C15H13ClN2O.